The largest absolute Gasteiger partial charge is 0.0925 e. The molecule has 0 aliphatic carbocycles. The van der Waals surface area contributed by atoms with Gasteiger partial charge in [-0.2, -0.15) is 0 Å². The van der Waals surface area contributed by atoms with Crippen LogP contribution in [0.5, 0.6) is 0 Å². The molecule has 1 unspecified atom stereocenters. The van der Waals surface area contributed by atoms with E-state index < -0.39 is 0 Å². The minimum absolute atomic E-state index is 0.672. The number of halogens is 1. The summed E-state index contributed by atoms with van der Waals surface area (Å²) in [5.41, 5.74) is 2.73. The first-order valence-corrected chi connectivity index (χ1v) is 6.72. The lowest BCUT2D eigenvalue weighted by Gasteiger charge is -2.08. The molecule has 0 aliphatic rings. The number of hydrogen-bond acceptors (Lipinski definition) is 0. The lowest BCUT2D eigenvalue weighted by molar-refractivity contribution is 0.733. The summed E-state index contributed by atoms with van der Waals surface area (Å²) >= 11 is 3.41. The first-order chi connectivity index (χ1) is 7.27. The van der Waals surface area contributed by atoms with Crippen LogP contribution < -0.4 is 0 Å². The summed E-state index contributed by atoms with van der Waals surface area (Å²) in [4.78, 5) is 0. The average molecular weight is 267 g/mol. The van der Waals surface area contributed by atoms with Crippen molar-refractivity contribution >= 4 is 22.0 Å². The van der Waals surface area contributed by atoms with Gasteiger partial charge in [0.1, 0.15) is 0 Å². The lowest BCUT2D eigenvalue weighted by atomic mass is 9.97. The van der Waals surface area contributed by atoms with E-state index in [0.717, 1.165) is 11.8 Å². The van der Waals surface area contributed by atoms with Crippen molar-refractivity contribution in [2.24, 2.45) is 0 Å². The zero-order valence-corrected chi connectivity index (χ0v) is 11.1. The van der Waals surface area contributed by atoms with Gasteiger partial charge in [0.05, 0.1) is 0 Å². The van der Waals surface area contributed by atoms with Crippen molar-refractivity contribution in [3.05, 3.63) is 41.5 Å². The van der Waals surface area contributed by atoms with Gasteiger partial charge in [0.2, 0.25) is 0 Å². The number of alkyl halides is 1. The molecule has 82 valence electrons. The summed E-state index contributed by atoms with van der Waals surface area (Å²) in [6, 6.07) is 8.88. The minimum atomic E-state index is 0.672. The smallest absolute Gasteiger partial charge is 0.00660 e. The molecule has 15 heavy (non-hydrogen) atoms. The van der Waals surface area contributed by atoms with E-state index in [9.17, 15) is 0 Å². The molecule has 1 rings (SSSR count). The quantitative estimate of drug-likeness (QED) is 0.659. The second kappa shape index (κ2) is 6.84. The molecule has 0 aliphatic heterocycles. The molecule has 0 aromatic heterocycles. The van der Waals surface area contributed by atoms with Gasteiger partial charge in [-0.05, 0) is 29.9 Å². The van der Waals surface area contributed by atoms with Gasteiger partial charge < -0.3 is 0 Å². The van der Waals surface area contributed by atoms with E-state index in [-0.39, 0.29) is 0 Å². The first kappa shape index (κ1) is 12.5. The van der Waals surface area contributed by atoms with Gasteiger partial charge in [-0.25, -0.2) is 0 Å². The Bertz CT molecular complexity index is 298. The summed E-state index contributed by atoms with van der Waals surface area (Å²) in [6.07, 6.45) is 6.68. The van der Waals surface area contributed by atoms with Crippen LogP contribution in [0.4, 0.5) is 0 Å². The maximum absolute atomic E-state index is 3.41. The van der Waals surface area contributed by atoms with Crippen LogP contribution in [0.15, 0.2) is 30.3 Å². The zero-order chi connectivity index (χ0) is 11.1. The molecular weight excluding hydrogens is 248 g/mol. The molecule has 0 radical (unpaired) electrons. The summed E-state index contributed by atoms with van der Waals surface area (Å²) in [5, 5.41) is 1.04. The molecule has 0 spiro atoms. The fourth-order valence-corrected chi connectivity index (χ4v) is 1.72. The number of allylic oxidation sites excluding steroid dienone is 1. The Morgan fingerprint density at radius 2 is 1.93 bits per heavy atom. The average Bonchev–Trinajstić information content (AvgIpc) is 2.29. The van der Waals surface area contributed by atoms with Gasteiger partial charge >= 0.3 is 0 Å². The predicted octanol–water partition coefficient (Wildman–Crippen LogP) is 5.00. The summed E-state index contributed by atoms with van der Waals surface area (Å²) in [6.45, 7) is 4.50. The highest BCUT2D eigenvalue weighted by Gasteiger charge is 2.00. The van der Waals surface area contributed by atoms with E-state index in [1.54, 1.807) is 0 Å². The van der Waals surface area contributed by atoms with Crippen molar-refractivity contribution < 1.29 is 0 Å². The van der Waals surface area contributed by atoms with Crippen molar-refractivity contribution in [1.82, 2.24) is 0 Å². The van der Waals surface area contributed by atoms with E-state index >= 15 is 0 Å². The number of rotatable bonds is 5. The molecule has 0 saturated carbocycles. The van der Waals surface area contributed by atoms with E-state index in [1.165, 1.54) is 17.5 Å². The summed E-state index contributed by atoms with van der Waals surface area (Å²) in [5.74, 6) is 0.672. The van der Waals surface area contributed by atoms with E-state index in [2.05, 4.69) is 66.2 Å². The Balaban J connectivity index is 2.64. The summed E-state index contributed by atoms with van der Waals surface area (Å²) in [7, 11) is 0. The fraction of sp³-hybridized carbons (Fsp3) is 0.429. The van der Waals surface area contributed by atoms with Gasteiger partial charge in [-0.1, -0.05) is 66.2 Å². The first-order valence-electron chi connectivity index (χ1n) is 5.60. The van der Waals surface area contributed by atoms with Crippen molar-refractivity contribution in [3.63, 3.8) is 0 Å². The Morgan fingerprint density at radius 3 is 2.47 bits per heavy atom. The second-order valence-electron chi connectivity index (χ2n) is 3.86. The molecule has 1 atom stereocenters. The number of hydrogen-bond donors (Lipinski definition) is 0. The van der Waals surface area contributed by atoms with Gasteiger partial charge in [-0.3, -0.25) is 0 Å². The highest BCUT2D eigenvalue weighted by molar-refractivity contribution is 9.09. The molecule has 1 aromatic rings. The Morgan fingerprint density at radius 1 is 1.27 bits per heavy atom. The van der Waals surface area contributed by atoms with Crippen LogP contribution in [-0.2, 0) is 0 Å². The van der Waals surface area contributed by atoms with E-state index in [4.69, 9.17) is 0 Å². The normalized spacial score (nSPS) is 13.3. The van der Waals surface area contributed by atoms with Crippen LogP contribution >= 0.6 is 15.9 Å². The molecule has 1 aromatic carbocycles. The minimum Gasteiger partial charge on any atom is -0.0925 e. The predicted molar refractivity (Wildman–Crippen MR) is 72.6 cm³/mol. The van der Waals surface area contributed by atoms with Crippen molar-refractivity contribution in [2.75, 3.05) is 5.33 Å². The van der Waals surface area contributed by atoms with Crippen LogP contribution in [0, 0.1) is 0 Å². The molecule has 1 heteroatoms. The molecule has 0 N–H and O–H groups in total. The van der Waals surface area contributed by atoms with Gasteiger partial charge in [-0.15, -0.1) is 0 Å². The lowest BCUT2D eigenvalue weighted by Crippen LogP contribution is -1.90. The summed E-state index contributed by atoms with van der Waals surface area (Å²) < 4.78 is 0. The van der Waals surface area contributed by atoms with Gasteiger partial charge in [0.25, 0.3) is 0 Å². The molecule has 0 nitrogen and oxygen atoms in total. The van der Waals surface area contributed by atoms with E-state index in [1.807, 2.05) is 0 Å². The van der Waals surface area contributed by atoms with Crippen LogP contribution in [0.1, 0.15) is 43.7 Å². The van der Waals surface area contributed by atoms with Gasteiger partial charge in [0.15, 0.2) is 0 Å². The third kappa shape index (κ3) is 4.21. The van der Waals surface area contributed by atoms with Crippen LogP contribution in [0.2, 0.25) is 0 Å². The molecule has 0 bridgehead atoms. The van der Waals surface area contributed by atoms with Crippen molar-refractivity contribution in [1.29, 1.82) is 0 Å². The maximum Gasteiger partial charge on any atom is 0.00660 e. The second-order valence-corrected chi connectivity index (χ2v) is 4.65. The van der Waals surface area contributed by atoms with Crippen LogP contribution in [0.3, 0.4) is 0 Å². The Hall–Kier alpha value is -0.560. The molecule has 0 heterocycles. The Labute approximate surface area is 102 Å². The van der Waals surface area contributed by atoms with Crippen LogP contribution in [0.25, 0.3) is 6.08 Å². The van der Waals surface area contributed by atoms with Crippen molar-refractivity contribution in [3.8, 4) is 0 Å². The topological polar surface area (TPSA) is 0 Å². The highest BCUT2D eigenvalue weighted by Crippen LogP contribution is 2.19. The molecule has 0 amide bonds. The molecule has 0 saturated heterocycles. The van der Waals surface area contributed by atoms with Crippen LogP contribution in [-0.4, -0.2) is 5.33 Å². The molecular formula is C14H19Br. The van der Waals surface area contributed by atoms with Crippen molar-refractivity contribution in [2.45, 2.75) is 32.6 Å². The zero-order valence-electron chi connectivity index (χ0n) is 9.54. The van der Waals surface area contributed by atoms with Gasteiger partial charge in [0, 0.05) is 5.33 Å². The Kier molecular flexibility index (Phi) is 5.70. The molecule has 0 fully saturated rings. The highest BCUT2D eigenvalue weighted by atomic mass is 79.9. The third-order valence-electron chi connectivity index (χ3n) is 2.70. The maximum atomic E-state index is 3.41. The monoisotopic (exact) mass is 266 g/mol. The standard InChI is InChI=1S/C14H19Br/c1-3-12(2)14-9-7-13(8-10-14)6-4-5-11-15/h4,6-10,12H,3,5,11H2,1-2H3/b6-4+. The fourth-order valence-electron chi connectivity index (χ4n) is 1.45. The SMILES string of the molecule is CCC(C)c1ccc(/C=C/CCBr)cc1. The number of benzene rings is 1. The third-order valence-corrected chi connectivity index (χ3v) is 3.16. The van der Waals surface area contributed by atoms with E-state index in [0.29, 0.717) is 5.92 Å².